The molecule has 1 aromatic rings. The van der Waals surface area contributed by atoms with E-state index in [1.54, 1.807) is 0 Å². The van der Waals surface area contributed by atoms with Crippen molar-refractivity contribution in [1.82, 2.24) is 14.5 Å². The van der Waals surface area contributed by atoms with Crippen LogP contribution < -0.4 is 11.4 Å². The molecule has 2 aliphatic rings. The van der Waals surface area contributed by atoms with E-state index in [4.69, 9.17) is 15.2 Å². The zero-order valence-corrected chi connectivity index (χ0v) is 12.0. The van der Waals surface area contributed by atoms with Gasteiger partial charge in [0.2, 0.25) is 0 Å². The summed E-state index contributed by atoms with van der Waals surface area (Å²) in [5, 5.41) is 20.3. The lowest BCUT2D eigenvalue weighted by atomic mass is 10.1. The predicted molar refractivity (Wildman–Crippen MR) is 76.1 cm³/mol. The van der Waals surface area contributed by atoms with E-state index in [-0.39, 0.29) is 5.82 Å². The molecule has 0 saturated carbocycles. The Morgan fingerprint density at radius 3 is 2.73 bits per heavy atom. The Morgan fingerprint density at radius 1 is 1.32 bits per heavy atom. The van der Waals surface area contributed by atoms with Crippen LogP contribution in [0.3, 0.4) is 0 Å². The third-order valence-electron chi connectivity index (χ3n) is 4.00. The molecule has 2 saturated heterocycles. The van der Waals surface area contributed by atoms with Gasteiger partial charge in [0.25, 0.3) is 0 Å². The van der Waals surface area contributed by atoms with E-state index in [0.717, 1.165) is 17.7 Å². The summed E-state index contributed by atoms with van der Waals surface area (Å²) < 4.78 is 12.1. The SMILES string of the molecule is Nc1ccn([C@@H]2O[C@H](CN3CCOCC3)[C@@H](O)[C@H]2O)c(=O)n1. The lowest BCUT2D eigenvalue weighted by molar-refractivity contribution is -0.0581. The standard InChI is InChI=1S/C13H20N4O5/c14-9-1-2-17(13(20)15-9)12-11(19)10(18)8(22-12)7-16-3-5-21-6-4-16/h1-2,8,10-12,18-19H,3-7H2,(H2,14,15,20)/t8-,10-,11-,12-/m1/s1. The van der Waals surface area contributed by atoms with Crippen molar-refractivity contribution in [2.24, 2.45) is 0 Å². The second-order valence-electron chi connectivity index (χ2n) is 5.50. The van der Waals surface area contributed by atoms with Crippen LogP contribution in [0.5, 0.6) is 0 Å². The molecule has 1 aromatic heterocycles. The third kappa shape index (κ3) is 2.99. The minimum absolute atomic E-state index is 0.0964. The van der Waals surface area contributed by atoms with Gasteiger partial charge in [-0.2, -0.15) is 4.98 Å². The maximum atomic E-state index is 11.8. The average molecular weight is 312 g/mol. The van der Waals surface area contributed by atoms with Crippen molar-refractivity contribution >= 4 is 5.82 Å². The van der Waals surface area contributed by atoms with Crippen molar-refractivity contribution in [3.05, 3.63) is 22.7 Å². The number of aliphatic hydroxyl groups is 2. The number of aromatic nitrogens is 2. The zero-order chi connectivity index (χ0) is 15.7. The van der Waals surface area contributed by atoms with Crippen LogP contribution in [0.4, 0.5) is 5.82 Å². The van der Waals surface area contributed by atoms with Gasteiger partial charge in [0.15, 0.2) is 6.23 Å². The maximum absolute atomic E-state index is 11.8. The molecule has 0 amide bonds. The Balaban J connectivity index is 1.73. The van der Waals surface area contributed by atoms with Crippen LogP contribution in [0.2, 0.25) is 0 Å². The Bertz CT molecular complexity index is 574. The molecule has 3 rings (SSSR count). The number of hydrogen-bond donors (Lipinski definition) is 3. The van der Waals surface area contributed by atoms with Crippen molar-refractivity contribution in [1.29, 1.82) is 0 Å². The van der Waals surface area contributed by atoms with Crippen molar-refractivity contribution in [2.75, 3.05) is 38.6 Å². The van der Waals surface area contributed by atoms with Crippen molar-refractivity contribution in [2.45, 2.75) is 24.5 Å². The topological polar surface area (TPSA) is 123 Å². The monoisotopic (exact) mass is 312 g/mol. The molecule has 4 atom stereocenters. The largest absolute Gasteiger partial charge is 0.387 e. The minimum Gasteiger partial charge on any atom is -0.387 e. The summed E-state index contributed by atoms with van der Waals surface area (Å²) in [5.41, 5.74) is 4.82. The number of nitrogens with two attached hydrogens (primary N) is 1. The van der Waals surface area contributed by atoms with Gasteiger partial charge in [0.1, 0.15) is 24.1 Å². The quantitative estimate of drug-likeness (QED) is 0.573. The number of morpholine rings is 1. The molecule has 0 aromatic carbocycles. The van der Waals surface area contributed by atoms with Crippen molar-refractivity contribution in [3.63, 3.8) is 0 Å². The molecule has 0 radical (unpaired) electrons. The highest BCUT2D eigenvalue weighted by molar-refractivity contribution is 5.23. The summed E-state index contributed by atoms with van der Waals surface area (Å²) in [7, 11) is 0. The first kappa shape index (κ1) is 15.4. The van der Waals surface area contributed by atoms with E-state index in [2.05, 4.69) is 9.88 Å². The van der Waals surface area contributed by atoms with Crippen molar-refractivity contribution in [3.8, 4) is 0 Å². The number of aliphatic hydroxyl groups excluding tert-OH is 2. The van der Waals surface area contributed by atoms with Gasteiger partial charge in [-0.15, -0.1) is 0 Å². The number of ether oxygens (including phenoxy) is 2. The molecule has 22 heavy (non-hydrogen) atoms. The highest BCUT2D eigenvalue weighted by Crippen LogP contribution is 2.29. The average Bonchev–Trinajstić information content (AvgIpc) is 2.77. The smallest absolute Gasteiger partial charge is 0.351 e. The first-order chi connectivity index (χ1) is 10.6. The number of anilines is 1. The molecule has 3 heterocycles. The molecule has 9 nitrogen and oxygen atoms in total. The van der Waals surface area contributed by atoms with Crippen molar-refractivity contribution < 1.29 is 19.7 Å². The van der Waals surface area contributed by atoms with Crippen LogP contribution in [-0.4, -0.2) is 75.8 Å². The second-order valence-corrected chi connectivity index (χ2v) is 5.50. The Kier molecular flexibility index (Phi) is 4.41. The van der Waals surface area contributed by atoms with Gasteiger partial charge in [-0.3, -0.25) is 9.47 Å². The normalized spacial score (nSPS) is 33.2. The van der Waals surface area contributed by atoms with E-state index in [1.165, 1.54) is 12.3 Å². The van der Waals surface area contributed by atoms with E-state index in [9.17, 15) is 15.0 Å². The predicted octanol–water partition coefficient (Wildman–Crippen LogP) is -2.22. The molecule has 2 fully saturated rings. The summed E-state index contributed by atoms with van der Waals surface area (Å²) in [6, 6.07) is 1.44. The number of nitrogen functional groups attached to an aromatic ring is 1. The van der Waals surface area contributed by atoms with E-state index in [0.29, 0.717) is 19.8 Å². The lowest BCUT2D eigenvalue weighted by Gasteiger charge is -2.29. The molecule has 122 valence electrons. The summed E-state index contributed by atoms with van der Waals surface area (Å²) >= 11 is 0. The zero-order valence-electron chi connectivity index (χ0n) is 12.0. The Labute approximate surface area is 126 Å². The first-order valence-corrected chi connectivity index (χ1v) is 7.22. The third-order valence-corrected chi connectivity index (χ3v) is 4.00. The molecule has 0 spiro atoms. The van der Waals surface area contributed by atoms with Gasteiger partial charge in [0.05, 0.1) is 13.2 Å². The van der Waals surface area contributed by atoms with Gasteiger partial charge < -0.3 is 25.4 Å². The van der Waals surface area contributed by atoms with Crippen LogP contribution in [0.1, 0.15) is 6.23 Å². The fourth-order valence-corrected chi connectivity index (χ4v) is 2.77. The van der Waals surface area contributed by atoms with E-state index in [1.807, 2.05) is 0 Å². The lowest BCUT2D eigenvalue weighted by Crippen LogP contribution is -2.44. The summed E-state index contributed by atoms with van der Waals surface area (Å²) in [4.78, 5) is 17.5. The Morgan fingerprint density at radius 2 is 2.05 bits per heavy atom. The van der Waals surface area contributed by atoms with Gasteiger partial charge in [-0.1, -0.05) is 0 Å². The Hall–Kier alpha value is -1.52. The summed E-state index contributed by atoms with van der Waals surface area (Å²) in [6.07, 6.45) is -2.42. The second kappa shape index (κ2) is 6.31. The fraction of sp³-hybridized carbons (Fsp3) is 0.692. The number of hydrogen-bond acceptors (Lipinski definition) is 8. The molecule has 0 bridgehead atoms. The van der Waals surface area contributed by atoms with E-state index >= 15 is 0 Å². The summed E-state index contributed by atoms with van der Waals surface area (Å²) in [6.45, 7) is 3.23. The molecular formula is C13H20N4O5. The highest BCUT2D eigenvalue weighted by Gasteiger charge is 2.44. The van der Waals surface area contributed by atoms with Crippen LogP contribution in [0.25, 0.3) is 0 Å². The first-order valence-electron chi connectivity index (χ1n) is 7.22. The number of nitrogens with zero attached hydrogens (tertiary/aromatic N) is 3. The van der Waals surface area contributed by atoms with Crippen LogP contribution >= 0.6 is 0 Å². The molecule has 4 N–H and O–H groups in total. The maximum Gasteiger partial charge on any atom is 0.351 e. The van der Waals surface area contributed by atoms with E-state index < -0.39 is 30.2 Å². The highest BCUT2D eigenvalue weighted by atomic mass is 16.6. The molecular weight excluding hydrogens is 292 g/mol. The van der Waals surface area contributed by atoms with Gasteiger partial charge in [-0.05, 0) is 6.07 Å². The molecule has 0 unspecified atom stereocenters. The molecule has 2 aliphatic heterocycles. The number of rotatable bonds is 3. The fourth-order valence-electron chi connectivity index (χ4n) is 2.77. The van der Waals surface area contributed by atoms with Crippen LogP contribution in [0, 0.1) is 0 Å². The molecule has 9 heteroatoms. The van der Waals surface area contributed by atoms with Crippen LogP contribution in [0.15, 0.2) is 17.1 Å². The molecule has 0 aliphatic carbocycles. The minimum atomic E-state index is -1.20. The van der Waals surface area contributed by atoms with Gasteiger partial charge in [0, 0.05) is 25.8 Å². The summed E-state index contributed by atoms with van der Waals surface area (Å²) in [5.74, 6) is 0.0964. The van der Waals surface area contributed by atoms with Gasteiger partial charge in [-0.25, -0.2) is 4.79 Å². The van der Waals surface area contributed by atoms with Gasteiger partial charge >= 0.3 is 5.69 Å². The van der Waals surface area contributed by atoms with Crippen LogP contribution in [-0.2, 0) is 9.47 Å².